The summed E-state index contributed by atoms with van der Waals surface area (Å²) in [5, 5.41) is 1.37. The molecule has 2 heterocycles. The Morgan fingerprint density at radius 3 is 1.57 bits per heavy atom. The first kappa shape index (κ1) is 13.3. The standard InChI is InChI=1S/C33H21N3O/c1-4-12-22(13-5-1)25-18-10-20-27-29(25)30-26(19-11-21-28(30)37-27)33-35-31(23-14-6-2-7-15-23)34-32(36-33)24-16-8-3-9-17-24/h1-21H/i2D,3D,6D,7D,8D,9D,14D,15D,16D,17D. The fraction of sp³-hybridized carbons (Fsp3) is 0. The highest BCUT2D eigenvalue weighted by Crippen LogP contribution is 2.41. The molecule has 7 rings (SSSR count). The molecule has 4 nitrogen and oxygen atoms in total. The van der Waals surface area contributed by atoms with E-state index in [1.165, 1.54) is 0 Å². The van der Waals surface area contributed by atoms with Crippen LogP contribution in [0.15, 0.2) is 132 Å². The molecule has 0 saturated heterocycles. The molecule has 2 aromatic heterocycles. The number of hydrogen-bond acceptors (Lipinski definition) is 4. The van der Waals surface area contributed by atoms with E-state index in [0.29, 0.717) is 22.1 Å². The molecule has 0 fully saturated rings. The van der Waals surface area contributed by atoms with Crippen molar-refractivity contribution < 1.29 is 18.1 Å². The lowest BCUT2D eigenvalue weighted by atomic mass is 9.97. The Morgan fingerprint density at radius 1 is 0.459 bits per heavy atom. The normalized spacial score (nSPS) is 15.0. The minimum atomic E-state index is -0.609. The van der Waals surface area contributed by atoms with Crippen molar-refractivity contribution in [2.75, 3.05) is 0 Å². The van der Waals surface area contributed by atoms with Crippen LogP contribution in [0.4, 0.5) is 0 Å². The van der Waals surface area contributed by atoms with E-state index in [2.05, 4.69) is 15.0 Å². The number of benzene rings is 5. The first-order chi connectivity index (χ1) is 22.5. The SMILES string of the molecule is [2H]c1c([2H])c([2H])c(-c2nc(-c3c([2H])c([2H])c([2H])c([2H])c3[2H])nc(-c3cccc4oc5cccc(-c6ccccc6)c5c34)n2)c([2H])c1[2H]. The molecular formula is C33H21N3O. The van der Waals surface area contributed by atoms with Gasteiger partial charge in [-0.1, -0.05) is 115 Å². The number of fused-ring (bicyclic) bond motifs is 3. The van der Waals surface area contributed by atoms with Crippen LogP contribution in [-0.4, -0.2) is 15.0 Å². The van der Waals surface area contributed by atoms with Gasteiger partial charge in [-0.25, -0.2) is 15.0 Å². The quantitative estimate of drug-likeness (QED) is 0.251. The molecule has 0 amide bonds. The highest BCUT2D eigenvalue weighted by molar-refractivity contribution is 6.17. The van der Waals surface area contributed by atoms with E-state index in [1.54, 1.807) is 18.2 Å². The van der Waals surface area contributed by atoms with Gasteiger partial charge in [-0.2, -0.15) is 0 Å². The van der Waals surface area contributed by atoms with Crippen molar-refractivity contribution in [3.05, 3.63) is 127 Å². The summed E-state index contributed by atoms with van der Waals surface area (Å²) in [4.78, 5) is 13.6. The van der Waals surface area contributed by atoms with Crippen molar-refractivity contribution in [2.45, 2.75) is 0 Å². The minimum absolute atomic E-state index is 0.0280. The van der Waals surface area contributed by atoms with Crippen LogP contribution in [0.25, 0.3) is 67.2 Å². The summed E-state index contributed by atoms with van der Waals surface area (Å²) in [7, 11) is 0. The Morgan fingerprint density at radius 2 is 0.973 bits per heavy atom. The third-order valence-electron chi connectivity index (χ3n) is 5.93. The molecule has 5 aromatic carbocycles. The van der Waals surface area contributed by atoms with Crippen LogP contribution < -0.4 is 0 Å². The van der Waals surface area contributed by atoms with E-state index in [9.17, 15) is 0 Å². The number of rotatable bonds is 4. The average molecular weight is 486 g/mol. The van der Waals surface area contributed by atoms with Crippen LogP contribution in [0.3, 0.4) is 0 Å². The number of aromatic nitrogens is 3. The van der Waals surface area contributed by atoms with Gasteiger partial charge in [0.1, 0.15) is 11.2 Å². The van der Waals surface area contributed by atoms with Crippen LogP contribution in [0.1, 0.15) is 13.7 Å². The van der Waals surface area contributed by atoms with E-state index < -0.39 is 60.4 Å². The zero-order chi connectivity index (χ0) is 33.3. The molecule has 0 N–H and O–H groups in total. The first-order valence-electron chi connectivity index (χ1n) is 16.4. The Labute approximate surface area is 228 Å². The second-order valence-electron chi connectivity index (χ2n) is 8.13. The molecule has 0 atom stereocenters. The molecule has 0 aliphatic rings. The van der Waals surface area contributed by atoms with E-state index in [4.69, 9.17) is 18.1 Å². The number of furan rings is 1. The maximum absolute atomic E-state index is 8.59. The molecule has 174 valence electrons. The Balaban J connectivity index is 1.62. The molecule has 0 unspecified atom stereocenters. The van der Waals surface area contributed by atoms with Crippen molar-refractivity contribution in [3.8, 4) is 45.3 Å². The maximum Gasteiger partial charge on any atom is 0.164 e. The van der Waals surface area contributed by atoms with Gasteiger partial charge in [-0.15, -0.1) is 0 Å². The predicted octanol–water partition coefficient (Wildman–Crippen LogP) is 8.44. The van der Waals surface area contributed by atoms with Gasteiger partial charge in [0.25, 0.3) is 0 Å². The van der Waals surface area contributed by atoms with Gasteiger partial charge in [-0.3, -0.25) is 0 Å². The van der Waals surface area contributed by atoms with Crippen molar-refractivity contribution in [2.24, 2.45) is 0 Å². The summed E-state index contributed by atoms with van der Waals surface area (Å²) >= 11 is 0. The van der Waals surface area contributed by atoms with Crippen LogP contribution in [0, 0.1) is 0 Å². The molecule has 37 heavy (non-hydrogen) atoms. The van der Waals surface area contributed by atoms with E-state index in [-0.39, 0.29) is 28.6 Å². The fourth-order valence-electron chi connectivity index (χ4n) is 4.35. The second-order valence-corrected chi connectivity index (χ2v) is 8.13. The zero-order valence-electron chi connectivity index (χ0n) is 29.1. The largest absolute Gasteiger partial charge is 0.456 e. The molecular weight excluding hydrogens is 454 g/mol. The van der Waals surface area contributed by atoms with Gasteiger partial charge in [0.2, 0.25) is 0 Å². The number of hydrogen-bond donors (Lipinski definition) is 0. The van der Waals surface area contributed by atoms with Gasteiger partial charge in [-0.05, 0) is 23.3 Å². The molecule has 0 aliphatic heterocycles. The highest BCUT2D eigenvalue weighted by atomic mass is 16.3. The van der Waals surface area contributed by atoms with Crippen molar-refractivity contribution in [1.29, 1.82) is 0 Å². The van der Waals surface area contributed by atoms with Crippen molar-refractivity contribution in [1.82, 2.24) is 15.0 Å². The smallest absolute Gasteiger partial charge is 0.164 e. The monoisotopic (exact) mass is 485 g/mol. The summed E-state index contributed by atoms with van der Waals surface area (Å²) in [6.45, 7) is 0. The first-order valence-corrected chi connectivity index (χ1v) is 11.4. The van der Waals surface area contributed by atoms with E-state index in [0.717, 1.165) is 16.5 Å². The fourth-order valence-corrected chi connectivity index (χ4v) is 4.35. The third-order valence-corrected chi connectivity index (χ3v) is 5.93. The molecule has 0 aliphatic carbocycles. The Kier molecular flexibility index (Phi) is 3.18. The summed E-state index contributed by atoms with van der Waals surface area (Å²) in [6, 6.07) is 14.6. The van der Waals surface area contributed by atoms with Gasteiger partial charge >= 0.3 is 0 Å². The minimum Gasteiger partial charge on any atom is -0.456 e. The average Bonchev–Trinajstić information content (AvgIpc) is 3.48. The lowest BCUT2D eigenvalue weighted by Crippen LogP contribution is -2.00. The molecule has 0 radical (unpaired) electrons. The van der Waals surface area contributed by atoms with E-state index >= 15 is 0 Å². The predicted molar refractivity (Wildman–Crippen MR) is 149 cm³/mol. The highest BCUT2D eigenvalue weighted by Gasteiger charge is 2.19. The summed E-state index contributed by atoms with van der Waals surface area (Å²) in [6.07, 6.45) is 0. The summed E-state index contributed by atoms with van der Waals surface area (Å²) in [5.74, 6) is -0.691. The van der Waals surface area contributed by atoms with Crippen LogP contribution in [0.5, 0.6) is 0 Å². The zero-order valence-corrected chi connectivity index (χ0v) is 19.1. The van der Waals surface area contributed by atoms with Gasteiger partial charge in [0.15, 0.2) is 17.5 Å². The van der Waals surface area contributed by atoms with Crippen molar-refractivity contribution >= 4 is 21.9 Å². The Bertz CT molecular complexity index is 2280. The van der Waals surface area contributed by atoms with Crippen LogP contribution in [0.2, 0.25) is 0 Å². The van der Waals surface area contributed by atoms with Gasteiger partial charge < -0.3 is 4.42 Å². The topological polar surface area (TPSA) is 51.8 Å². The van der Waals surface area contributed by atoms with Gasteiger partial charge in [0.05, 0.1) is 13.7 Å². The molecule has 0 spiro atoms. The Hall–Kier alpha value is -5.09. The summed E-state index contributed by atoms with van der Waals surface area (Å²) in [5.41, 5.74) is 2.62. The summed E-state index contributed by atoms with van der Waals surface area (Å²) < 4.78 is 89.6. The van der Waals surface area contributed by atoms with Crippen molar-refractivity contribution in [3.63, 3.8) is 0 Å². The third kappa shape index (κ3) is 3.76. The van der Waals surface area contributed by atoms with Crippen LogP contribution in [-0.2, 0) is 0 Å². The second kappa shape index (κ2) is 8.85. The van der Waals surface area contributed by atoms with Gasteiger partial charge in [0, 0.05) is 27.5 Å². The maximum atomic E-state index is 8.59. The molecule has 4 heteroatoms. The molecule has 7 aromatic rings. The van der Waals surface area contributed by atoms with Crippen LogP contribution >= 0.6 is 0 Å². The number of nitrogens with zero attached hydrogens (tertiary/aromatic N) is 3. The molecule has 0 saturated carbocycles. The lowest BCUT2D eigenvalue weighted by molar-refractivity contribution is 0.669. The molecule has 0 bridgehead atoms. The lowest BCUT2D eigenvalue weighted by Gasteiger charge is -2.10. The van der Waals surface area contributed by atoms with E-state index in [1.807, 2.05) is 48.5 Å².